The zero-order chi connectivity index (χ0) is 54.7. The SMILES string of the molecule is CC/C=C\C/C=C\C/C=C\CCCCCCCCCC(=O)OC1C(OCC(COC(=O)CCCCCCC/C=C\C/C=C\C/C=C\CC)OC(=O)CCCCCCC/C=C\C/C=C\CCC)OC(C(=O)O)C(O)C1O. The summed E-state index contributed by atoms with van der Waals surface area (Å²) in [5, 5.41) is 31.5. The Bertz CT molecular complexity index is 1670. The highest BCUT2D eigenvalue weighted by atomic mass is 16.7. The number of carboxylic acid groups (broad SMARTS) is 1. The molecule has 75 heavy (non-hydrogen) atoms. The fourth-order valence-electron chi connectivity index (χ4n) is 8.20. The number of carbonyl (C=O) groups excluding carboxylic acids is 3. The number of allylic oxidation sites excluding steroid dienone is 16. The van der Waals surface area contributed by atoms with E-state index in [-0.39, 0.29) is 25.9 Å². The van der Waals surface area contributed by atoms with Gasteiger partial charge in [-0.15, -0.1) is 0 Å². The molecule has 0 aromatic rings. The van der Waals surface area contributed by atoms with Crippen LogP contribution >= 0.6 is 0 Å². The van der Waals surface area contributed by atoms with Crippen LogP contribution in [0, 0.1) is 0 Å². The maximum Gasteiger partial charge on any atom is 0.335 e. The normalized spacial score (nSPS) is 18.9. The number of carbonyl (C=O) groups is 4. The largest absolute Gasteiger partial charge is 0.479 e. The summed E-state index contributed by atoms with van der Waals surface area (Å²) in [6, 6.07) is 0. The first-order valence-electron chi connectivity index (χ1n) is 29.2. The van der Waals surface area contributed by atoms with Gasteiger partial charge in [0.25, 0.3) is 0 Å². The van der Waals surface area contributed by atoms with E-state index in [1.165, 1.54) is 0 Å². The van der Waals surface area contributed by atoms with E-state index in [0.29, 0.717) is 19.3 Å². The topological polar surface area (TPSA) is 175 Å². The molecule has 1 fully saturated rings. The molecule has 1 heterocycles. The van der Waals surface area contributed by atoms with Crippen LogP contribution in [0.2, 0.25) is 0 Å². The third-order valence-electron chi connectivity index (χ3n) is 12.6. The molecule has 0 spiro atoms. The van der Waals surface area contributed by atoms with Crippen LogP contribution in [0.3, 0.4) is 0 Å². The lowest BCUT2D eigenvalue weighted by molar-refractivity contribution is -0.301. The average Bonchev–Trinajstić information content (AvgIpc) is 3.39. The second-order valence-electron chi connectivity index (χ2n) is 19.5. The smallest absolute Gasteiger partial charge is 0.335 e. The molecule has 1 saturated heterocycles. The molecule has 6 unspecified atom stereocenters. The van der Waals surface area contributed by atoms with Gasteiger partial charge in [-0.2, -0.15) is 0 Å². The van der Waals surface area contributed by atoms with E-state index in [9.17, 15) is 34.5 Å². The molecule has 3 N–H and O–H groups in total. The van der Waals surface area contributed by atoms with Gasteiger partial charge in [0.15, 0.2) is 24.6 Å². The molecular weight excluding hydrogens is 949 g/mol. The molecule has 0 radical (unpaired) electrons. The average molecular weight is 1050 g/mol. The molecule has 426 valence electrons. The van der Waals surface area contributed by atoms with Crippen LogP contribution in [0.1, 0.15) is 226 Å². The summed E-state index contributed by atoms with van der Waals surface area (Å²) < 4.78 is 28.4. The summed E-state index contributed by atoms with van der Waals surface area (Å²) in [7, 11) is 0. The maximum absolute atomic E-state index is 13.1. The van der Waals surface area contributed by atoms with Gasteiger partial charge < -0.3 is 39.0 Å². The number of aliphatic hydroxyl groups is 2. The Morgan fingerprint density at radius 3 is 1.28 bits per heavy atom. The number of hydrogen-bond donors (Lipinski definition) is 3. The Kier molecular flexibility index (Phi) is 46.2. The van der Waals surface area contributed by atoms with Crippen molar-refractivity contribution in [3.63, 3.8) is 0 Å². The molecule has 1 aliphatic heterocycles. The van der Waals surface area contributed by atoms with Crippen LogP contribution in [0.15, 0.2) is 97.2 Å². The summed E-state index contributed by atoms with van der Waals surface area (Å²) in [5.74, 6) is -3.18. The van der Waals surface area contributed by atoms with Gasteiger partial charge in [-0.05, 0) is 109 Å². The third kappa shape index (κ3) is 40.6. The first-order valence-corrected chi connectivity index (χ1v) is 29.2. The predicted molar refractivity (Wildman–Crippen MR) is 303 cm³/mol. The zero-order valence-electron chi connectivity index (χ0n) is 46.8. The highest BCUT2D eigenvalue weighted by Crippen LogP contribution is 2.26. The lowest BCUT2D eigenvalue weighted by Crippen LogP contribution is -2.61. The van der Waals surface area contributed by atoms with Crippen molar-refractivity contribution in [2.45, 2.75) is 263 Å². The lowest BCUT2D eigenvalue weighted by Gasteiger charge is -2.40. The number of aliphatic carboxylic acids is 1. The van der Waals surface area contributed by atoms with Gasteiger partial charge in [-0.25, -0.2) is 4.79 Å². The number of hydrogen-bond acceptors (Lipinski definition) is 11. The van der Waals surface area contributed by atoms with E-state index in [4.69, 9.17) is 23.7 Å². The molecule has 0 aromatic carbocycles. The molecule has 0 bridgehead atoms. The van der Waals surface area contributed by atoms with Crippen molar-refractivity contribution in [1.29, 1.82) is 0 Å². The van der Waals surface area contributed by atoms with E-state index in [1.54, 1.807) is 0 Å². The highest BCUT2D eigenvalue weighted by molar-refractivity contribution is 5.74. The van der Waals surface area contributed by atoms with Crippen LogP contribution in [0.4, 0.5) is 0 Å². The molecule has 0 aliphatic carbocycles. The number of carboxylic acids is 1. The van der Waals surface area contributed by atoms with Crippen molar-refractivity contribution >= 4 is 23.9 Å². The molecular formula is C63H102O12. The number of ether oxygens (including phenoxy) is 5. The molecule has 1 rings (SSSR count). The van der Waals surface area contributed by atoms with Gasteiger partial charge >= 0.3 is 23.9 Å². The van der Waals surface area contributed by atoms with Crippen molar-refractivity contribution < 1.29 is 58.2 Å². The van der Waals surface area contributed by atoms with E-state index in [2.05, 4.69) is 118 Å². The fourth-order valence-corrected chi connectivity index (χ4v) is 8.20. The van der Waals surface area contributed by atoms with Gasteiger partial charge in [0.05, 0.1) is 6.61 Å². The van der Waals surface area contributed by atoms with E-state index >= 15 is 0 Å². The molecule has 12 nitrogen and oxygen atoms in total. The van der Waals surface area contributed by atoms with Gasteiger partial charge in [0.1, 0.15) is 18.8 Å². The van der Waals surface area contributed by atoms with Crippen LogP contribution in [0.25, 0.3) is 0 Å². The Morgan fingerprint density at radius 1 is 0.453 bits per heavy atom. The van der Waals surface area contributed by atoms with E-state index in [0.717, 1.165) is 167 Å². The van der Waals surface area contributed by atoms with Crippen molar-refractivity contribution in [3.8, 4) is 0 Å². The zero-order valence-corrected chi connectivity index (χ0v) is 46.8. The summed E-state index contributed by atoms with van der Waals surface area (Å²) in [6.07, 6.45) is 53.7. The van der Waals surface area contributed by atoms with Crippen molar-refractivity contribution in [1.82, 2.24) is 0 Å². The minimum Gasteiger partial charge on any atom is -0.479 e. The molecule has 0 amide bonds. The Labute approximate surface area is 453 Å². The summed E-state index contributed by atoms with van der Waals surface area (Å²) >= 11 is 0. The number of rotatable bonds is 48. The second-order valence-corrected chi connectivity index (χ2v) is 19.5. The standard InChI is InChI=1S/C63H102O12/c1-4-7-10-13-16-19-22-25-27-28-30-33-36-39-42-45-48-51-57(66)74-61-59(68)58(67)60(62(69)70)75-63(61)72-53-54(73-56(65)50-47-44-41-38-35-31-24-21-18-15-12-9-6-3)52-71-55(64)49-46-43-40-37-34-32-29-26-23-20-17-14-11-8-5-2/h7-8,10-12,15-17,19-21,24-27,29,54,58-61,63,67-68H,4-6,9,13-14,18,22-23,28,30-53H2,1-3H3,(H,69,70)/b10-7-,11-8-,15-12-,19-16-,20-17-,24-21-,27-25-,29-26-. The predicted octanol–water partition coefficient (Wildman–Crippen LogP) is 14.9. The number of unbranched alkanes of at least 4 members (excludes halogenated alkanes) is 18. The minimum absolute atomic E-state index is 0.0416. The van der Waals surface area contributed by atoms with Gasteiger partial charge in [0.2, 0.25) is 0 Å². The highest BCUT2D eigenvalue weighted by Gasteiger charge is 2.50. The van der Waals surface area contributed by atoms with Gasteiger partial charge in [-0.1, -0.05) is 195 Å². The van der Waals surface area contributed by atoms with Crippen molar-refractivity contribution in [3.05, 3.63) is 97.2 Å². The van der Waals surface area contributed by atoms with Crippen LogP contribution < -0.4 is 0 Å². The maximum atomic E-state index is 13.1. The lowest BCUT2D eigenvalue weighted by atomic mass is 9.98. The first-order chi connectivity index (χ1) is 36.6. The molecule has 0 saturated carbocycles. The van der Waals surface area contributed by atoms with Crippen molar-refractivity contribution in [2.24, 2.45) is 0 Å². The van der Waals surface area contributed by atoms with Gasteiger partial charge in [-0.3, -0.25) is 14.4 Å². The van der Waals surface area contributed by atoms with Crippen LogP contribution in [-0.2, 0) is 42.9 Å². The molecule has 1 aliphatic rings. The van der Waals surface area contributed by atoms with Crippen LogP contribution in [0.5, 0.6) is 0 Å². The van der Waals surface area contributed by atoms with E-state index < -0.39 is 67.3 Å². The van der Waals surface area contributed by atoms with Crippen LogP contribution in [-0.4, -0.2) is 89.2 Å². The minimum atomic E-state index is -1.92. The molecule has 6 atom stereocenters. The molecule has 0 aromatic heterocycles. The monoisotopic (exact) mass is 1050 g/mol. The summed E-state index contributed by atoms with van der Waals surface area (Å²) in [4.78, 5) is 51.1. The second kappa shape index (κ2) is 50.5. The van der Waals surface area contributed by atoms with Crippen molar-refractivity contribution in [2.75, 3.05) is 13.2 Å². The summed E-state index contributed by atoms with van der Waals surface area (Å²) in [5.41, 5.74) is 0. The van der Waals surface area contributed by atoms with Gasteiger partial charge in [0, 0.05) is 19.3 Å². The fraction of sp³-hybridized carbons (Fsp3) is 0.683. The third-order valence-corrected chi connectivity index (χ3v) is 12.6. The first kappa shape index (κ1) is 68.7. The van der Waals surface area contributed by atoms with E-state index in [1.807, 2.05) is 0 Å². The number of esters is 3. The Morgan fingerprint density at radius 2 is 0.840 bits per heavy atom. The quantitative estimate of drug-likeness (QED) is 0.0228. The Balaban J connectivity index is 2.71. The number of aliphatic hydroxyl groups excluding tert-OH is 2. The summed E-state index contributed by atoms with van der Waals surface area (Å²) in [6.45, 7) is 5.67. The molecule has 12 heteroatoms. The Hall–Kier alpha value is -4.36.